The van der Waals surface area contributed by atoms with E-state index in [4.69, 9.17) is 0 Å². The van der Waals surface area contributed by atoms with Gasteiger partial charge in [0.1, 0.15) is 0 Å². The molecule has 0 fully saturated rings. The highest BCUT2D eigenvalue weighted by Gasteiger charge is 2.20. The molecule has 0 aliphatic rings. The molecule has 0 saturated carbocycles. The molecule has 2 nitrogen and oxygen atoms in total. The van der Waals surface area contributed by atoms with Gasteiger partial charge >= 0.3 is 0 Å². The van der Waals surface area contributed by atoms with Crippen LogP contribution in [0.25, 0.3) is 6.08 Å². The molecule has 26 heavy (non-hydrogen) atoms. The highest BCUT2D eigenvalue weighted by atomic mass is 16.2. The Labute approximate surface area is 158 Å². The van der Waals surface area contributed by atoms with E-state index < -0.39 is 0 Å². The van der Waals surface area contributed by atoms with Gasteiger partial charge in [-0.05, 0) is 49.4 Å². The van der Waals surface area contributed by atoms with E-state index in [1.54, 1.807) is 0 Å². The van der Waals surface area contributed by atoms with Gasteiger partial charge in [0, 0.05) is 18.2 Å². The van der Waals surface area contributed by atoms with E-state index >= 15 is 0 Å². The van der Waals surface area contributed by atoms with Crippen LogP contribution in [-0.2, 0) is 5.41 Å². The largest absolute Gasteiger partial charge is 0.332 e. The highest BCUT2D eigenvalue weighted by Crippen LogP contribution is 2.23. The quantitative estimate of drug-likeness (QED) is 0.654. The second kappa shape index (κ2) is 8.35. The summed E-state index contributed by atoms with van der Waals surface area (Å²) in [7, 11) is 0. The van der Waals surface area contributed by atoms with Crippen LogP contribution in [0.2, 0.25) is 0 Å². The van der Waals surface area contributed by atoms with Gasteiger partial charge < -0.3 is 4.90 Å². The number of rotatable bonds is 5. The van der Waals surface area contributed by atoms with Crippen molar-refractivity contribution in [3.63, 3.8) is 0 Å². The number of hydrogen-bond acceptors (Lipinski definition) is 1. The smallest absolute Gasteiger partial charge is 0.254 e. The van der Waals surface area contributed by atoms with Crippen molar-refractivity contribution in [2.75, 3.05) is 6.54 Å². The molecule has 0 aliphatic carbocycles. The Morgan fingerprint density at radius 3 is 2.08 bits per heavy atom. The molecule has 0 spiro atoms. The molecule has 2 rings (SSSR count). The topological polar surface area (TPSA) is 20.3 Å². The SMILES string of the molecule is C/C(=C\c1ccccc1)CN(C(=O)c1ccc(C(C)(C)C)cc1)C(C)C. The predicted octanol–water partition coefficient (Wildman–Crippen LogP) is 5.94. The molecule has 0 unspecified atom stereocenters. The van der Waals surface area contributed by atoms with Crippen LogP contribution in [0, 0.1) is 0 Å². The summed E-state index contributed by atoms with van der Waals surface area (Å²) in [4.78, 5) is 15.0. The van der Waals surface area contributed by atoms with E-state index in [2.05, 4.69) is 71.9 Å². The van der Waals surface area contributed by atoms with E-state index in [9.17, 15) is 4.79 Å². The summed E-state index contributed by atoms with van der Waals surface area (Å²) in [5.74, 6) is 0.0845. The van der Waals surface area contributed by atoms with Crippen LogP contribution in [0.3, 0.4) is 0 Å². The first kappa shape index (κ1) is 20.0. The lowest BCUT2D eigenvalue weighted by molar-refractivity contribution is 0.0724. The summed E-state index contributed by atoms with van der Waals surface area (Å²) < 4.78 is 0. The molecule has 0 N–H and O–H groups in total. The van der Waals surface area contributed by atoms with E-state index in [0.29, 0.717) is 6.54 Å². The third kappa shape index (κ3) is 5.32. The third-order valence-corrected chi connectivity index (χ3v) is 4.51. The van der Waals surface area contributed by atoms with Crippen molar-refractivity contribution in [1.29, 1.82) is 0 Å². The summed E-state index contributed by atoms with van der Waals surface area (Å²) in [6.07, 6.45) is 2.14. The molecular weight excluding hydrogens is 318 g/mol. The average molecular weight is 350 g/mol. The minimum atomic E-state index is 0.0845. The Hall–Kier alpha value is -2.35. The lowest BCUT2D eigenvalue weighted by atomic mass is 9.86. The molecule has 0 bridgehead atoms. The van der Waals surface area contributed by atoms with Gasteiger partial charge in [0.25, 0.3) is 5.91 Å². The van der Waals surface area contributed by atoms with Crippen molar-refractivity contribution in [2.45, 2.75) is 53.0 Å². The fourth-order valence-electron chi connectivity index (χ4n) is 2.92. The standard InChI is InChI=1S/C24H31NO/c1-18(2)25(17-19(3)16-20-10-8-7-9-11-20)23(26)21-12-14-22(15-13-21)24(4,5)6/h7-16,18H,17H2,1-6H3/b19-16+. The molecule has 0 radical (unpaired) electrons. The van der Waals surface area contributed by atoms with Gasteiger partial charge in [-0.1, -0.05) is 74.9 Å². The van der Waals surface area contributed by atoms with Gasteiger partial charge in [-0.2, -0.15) is 0 Å². The number of amides is 1. The van der Waals surface area contributed by atoms with Gasteiger partial charge in [0.05, 0.1) is 0 Å². The monoisotopic (exact) mass is 349 g/mol. The van der Waals surface area contributed by atoms with Crippen LogP contribution in [0.5, 0.6) is 0 Å². The van der Waals surface area contributed by atoms with Gasteiger partial charge in [0.2, 0.25) is 0 Å². The van der Waals surface area contributed by atoms with Crippen LogP contribution in [-0.4, -0.2) is 23.4 Å². The molecule has 2 heteroatoms. The highest BCUT2D eigenvalue weighted by molar-refractivity contribution is 5.94. The van der Waals surface area contributed by atoms with Crippen molar-refractivity contribution in [1.82, 2.24) is 4.90 Å². The summed E-state index contributed by atoms with van der Waals surface area (Å²) in [6, 6.07) is 18.4. The lowest BCUT2D eigenvalue weighted by Crippen LogP contribution is -2.38. The molecule has 1 amide bonds. The third-order valence-electron chi connectivity index (χ3n) is 4.51. The van der Waals surface area contributed by atoms with Crippen molar-refractivity contribution >= 4 is 12.0 Å². The number of carbonyl (C=O) groups is 1. The Morgan fingerprint density at radius 1 is 1.00 bits per heavy atom. The van der Waals surface area contributed by atoms with Gasteiger partial charge in [-0.3, -0.25) is 4.79 Å². The zero-order valence-electron chi connectivity index (χ0n) is 16.9. The molecule has 0 aliphatic heterocycles. The maximum atomic E-state index is 13.0. The van der Waals surface area contributed by atoms with E-state index in [-0.39, 0.29) is 17.4 Å². The molecule has 0 atom stereocenters. The molecule has 138 valence electrons. The Bertz CT molecular complexity index is 749. The fraction of sp³-hybridized carbons (Fsp3) is 0.375. The zero-order valence-corrected chi connectivity index (χ0v) is 16.9. The summed E-state index contributed by atoms with van der Waals surface area (Å²) in [5.41, 5.74) is 4.42. The van der Waals surface area contributed by atoms with Gasteiger partial charge in [-0.25, -0.2) is 0 Å². The minimum absolute atomic E-state index is 0.0845. The maximum Gasteiger partial charge on any atom is 0.254 e. The van der Waals surface area contributed by atoms with Crippen LogP contribution in [0.1, 0.15) is 63.0 Å². The Kier molecular flexibility index (Phi) is 6.42. The summed E-state index contributed by atoms with van der Waals surface area (Å²) in [6.45, 7) is 13.4. The van der Waals surface area contributed by atoms with Crippen molar-refractivity contribution in [2.24, 2.45) is 0 Å². The fourth-order valence-corrected chi connectivity index (χ4v) is 2.92. The van der Waals surface area contributed by atoms with Crippen LogP contribution in [0.15, 0.2) is 60.2 Å². The molecule has 0 aromatic heterocycles. The normalized spacial score (nSPS) is 12.3. The predicted molar refractivity (Wildman–Crippen MR) is 111 cm³/mol. The molecule has 0 heterocycles. The minimum Gasteiger partial charge on any atom is -0.332 e. The molecular formula is C24H31NO. The maximum absolute atomic E-state index is 13.0. The first-order chi connectivity index (χ1) is 12.2. The Balaban J connectivity index is 2.18. The van der Waals surface area contributed by atoms with E-state index in [1.165, 1.54) is 11.1 Å². The number of hydrogen-bond donors (Lipinski definition) is 0. The average Bonchev–Trinajstić information content (AvgIpc) is 2.59. The van der Waals surface area contributed by atoms with Crippen LogP contribution in [0.4, 0.5) is 0 Å². The second-order valence-electron chi connectivity index (χ2n) is 8.26. The zero-order chi connectivity index (χ0) is 19.3. The summed E-state index contributed by atoms with van der Waals surface area (Å²) >= 11 is 0. The molecule has 0 saturated heterocycles. The Morgan fingerprint density at radius 2 is 1.58 bits per heavy atom. The lowest BCUT2D eigenvalue weighted by Gasteiger charge is -2.28. The van der Waals surface area contributed by atoms with E-state index in [1.807, 2.05) is 35.2 Å². The number of carbonyl (C=O) groups excluding carboxylic acids is 1. The summed E-state index contributed by atoms with van der Waals surface area (Å²) in [5, 5.41) is 0. The van der Waals surface area contributed by atoms with Crippen molar-refractivity contribution in [3.8, 4) is 0 Å². The van der Waals surface area contributed by atoms with Crippen LogP contribution >= 0.6 is 0 Å². The van der Waals surface area contributed by atoms with Crippen molar-refractivity contribution < 1.29 is 4.79 Å². The molecule has 2 aromatic carbocycles. The van der Waals surface area contributed by atoms with Crippen LogP contribution < -0.4 is 0 Å². The molecule has 2 aromatic rings. The first-order valence-corrected chi connectivity index (χ1v) is 9.32. The van der Waals surface area contributed by atoms with Crippen molar-refractivity contribution in [3.05, 3.63) is 76.9 Å². The number of benzene rings is 2. The van der Waals surface area contributed by atoms with E-state index in [0.717, 1.165) is 11.1 Å². The van der Waals surface area contributed by atoms with Gasteiger partial charge in [0.15, 0.2) is 0 Å². The van der Waals surface area contributed by atoms with Gasteiger partial charge in [-0.15, -0.1) is 0 Å². The second-order valence-corrected chi connectivity index (χ2v) is 8.26. The first-order valence-electron chi connectivity index (χ1n) is 9.32. The number of nitrogens with zero attached hydrogens (tertiary/aromatic N) is 1.